The highest BCUT2D eigenvalue weighted by atomic mass is 35.5. The average molecular weight is 666 g/mol. The van der Waals surface area contributed by atoms with Crippen LogP contribution in [-0.4, -0.2) is 47.3 Å². The fourth-order valence-corrected chi connectivity index (χ4v) is 4.85. The smallest absolute Gasteiger partial charge is 0.361 e. The molecule has 0 aliphatic rings. The number of ether oxygens (including phenoxy) is 1. The monoisotopic (exact) mass is 665 g/mol. The van der Waals surface area contributed by atoms with E-state index in [9.17, 15) is 57.3 Å². The highest BCUT2D eigenvalue weighted by molar-refractivity contribution is 7.85. The van der Waals surface area contributed by atoms with Gasteiger partial charge in [-0.3, -0.25) is 9.00 Å². The van der Waals surface area contributed by atoms with Crippen LogP contribution in [-0.2, 0) is 21.7 Å². The molecular formula is C23H16Cl2F11NO3S. The number of nitrogens with one attached hydrogen (secondary N) is 1. The summed E-state index contributed by atoms with van der Waals surface area (Å²) in [6, 6.07) is 2.00. The zero-order chi connectivity index (χ0) is 31.5. The molecule has 4 nitrogen and oxygen atoms in total. The summed E-state index contributed by atoms with van der Waals surface area (Å²) in [5.74, 6) is -10.2. The lowest BCUT2D eigenvalue weighted by molar-refractivity contribution is -0.140. The summed E-state index contributed by atoms with van der Waals surface area (Å²) in [4.78, 5) is 12.5. The van der Waals surface area contributed by atoms with Gasteiger partial charge in [0.25, 0.3) is 5.91 Å². The van der Waals surface area contributed by atoms with Crippen LogP contribution in [0.2, 0.25) is 10.0 Å². The number of halogens is 13. The molecule has 2 aromatic carbocycles. The van der Waals surface area contributed by atoms with Gasteiger partial charge in [0.1, 0.15) is 23.7 Å². The van der Waals surface area contributed by atoms with Crippen LogP contribution in [0.1, 0.15) is 33.0 Å². The average Bonchev–Trinajstić information content (AvgIpc) is 2.82. The van der Waals surface area contributed by atoms with Crippen molar-refractivity contribution >= 4 is 45.7 Å². The molecule has 0 aliphatic heterocycles. The molecule has 3 unspecified atom stereocenters. The summed E-state index contributed by atoms with van der Waals surface area (Å²) in [6.07, 6.45) is -17.3. The Balaban J connectivity index is 2.46. The fraction of sp³-hybridized carbons (Fsp3) is 0.348. The van der Waals surface area contributed by atoms with Crippen molar-refractivity contribution in [3.8, 4) is 0 Å². The molecule has 2 aromatic rings. The molecule has 228 valence electrons. The molecule has 3 atom stereocenters. The molecule has 41 heavy (non-hydrogen) atoms. The molecule has 18 heteroatoms. The zero-order valence-corrected chi connectivity index (χ0v) is 22.4. The van der Waals surface area contributed by atoms with Crippen LogP contribution in [0.3, 0.4) is 0 Å². The number of methoxy groups -OCH3 is 1. The summed E-state index contributed by atoms with van der Waals surface area (Å²) in [7, 11) is -1.77. The molecule has 0 saturated heterocycles. The number of carbonyl (C=O) groups is 1. The predicted octanol–water partition coefficient (Wildman–Crippen LogP) is 7.82. The van der Waals surface area contributed by atoms with Gasteiger partial charge in [-0.15, -0.1) is 0 Å². The lowest BCUT2D eigenvalue weighted by Gasteiger charge is -2.20. The number of hydrogen-bond acceptors (Lipinski definition) is 3. The first kappa shape index (κ1) is 34.8. The minimum atomic E-state index is -5.37. The number of hydrogen-bond donors (Lipinski definition) is 1. The van der Waals surface area contributed by atoms with E-state index in [-0.39, 0.29) is 12.1 Å². The third-order valence-corrected chi connectivity index (χ3v) is 6.99. The highest BCUT2D eigenvalue weighted by Crippen LogP contribution is 2.41. The molecule has 2 rings (SSSR count). The Labute approximate surface area is 236 Å². The van der Waals surface area contributed by atoms with Crippen LogP contribution in [0.25, 0.3) is 5.83 Å². The van der Waals surface area contributed by atoms with E-state index in [0.29, 0.717) is 24.3 Å². The van der Waals surface area contributed by atoms with Gasteiger partial charge in [0, 0.05) is 23.5 Å². The first-order chi connectivity index (χ1) is 18.6. The van der Waals surface area contributed by atoms with Gasteiger partial charge < -0.3 is 10.1 Å². The second kappa shape index (κ2) is 13.3. The molecule has 0 radical (unpaired) electrons. The van der Waals surface area contributed by atoms with Crippen molar-refractivity contribution < 1.29 is 62.0 Å². The van der Waals surface area contributed by atoms with Crippen LogP contribution in [0.5, 0.6) is 0 Å². The van der Waals surface area contributed by atoms with E-state index in [1.807, 2.05) is 5.32 Å². The van der Waals surface area contributed by atoms with Gasteiger partial charge in [-0.25, -0.2) is 8.78 Å². The van der Waals surface area contributed by atoms with Crippen molar-refractivity contribution in [1.29, 1.82) is 0 Å². The van der Waals surface area contributed by atoms with Crippen molar-refractivity contribution in [3.05, 3.63) is 74.5 Å². The second-order valence-electron chi connectivity index (χ2n) is 8.15. The third kappa shape index (κ3) is 9.82. The molecule has 1 N–H and O–H groups in total. The van der Waals surface area contributed by atoms with Crippen LogP contribution < -0.4 is 5.32 Å². The molecule has 0 spiro atoms. The van der Waals surface area contributed by atoms with E-state index in [2.05, 4.69) is 4.74 Å². The zero-order valence-electron chi connectivity index (χ0n) is 20.1. The molecule has 0 fully saturated rings. The topological polar surface area (TPSA) is 55.4 Å². The van der Waals surface area contributed by atoms with Gasteiger partial charge >= 0.3 is 18.5 Å². The summed E-state index contributed by atoms with van der Waals surface area (Å²) < 4.78 is 164. The summed E-state index contributed by atoms with van der Waals surface area (Å²) in [5, 5.41) is 0.152. The van der Waals surface area contributed by atoms with Crippen LogP contribution in [0.4, 0.5) is 48.3 Å². The van der Waals surface area contributed by atoms with Gasteiger partial charge in [0.2, 0.25) is 0 Å². The Hall–Kier alpha value is -2.43. The van der Waals surface area contributed by atoms with Gasteiger partial charge in [-0.1, -0.05) is 29.3 Å². The number of allylic oxidation sites excluding steroid dienone is 1. The standard InChI is InChI=1S/C23H16Cl2F11NO3S/c1-40-18(8-41(39)9-21(28,29)30)37-20(38)12-3-2-10(4-14(12)23(34,35)36)17(26)7-13(22(31,32)33)11-5-15(24)19(27)16(25)6-11/h2-7,13,18H,8-9H2,1H3,(H,37,38)/b17-7-. The molecule has 1 amide bonds. The number of alkyl halides is 9. The van der Waals surface area contributed by atoms with E-state index in [1.54, 1.807) is 0 Å². The molecular weight excluding hydrogens is 650 g/mol. The van der Waals surface area contributed by atoms with Crippen molar-refractivity contribution in [2.24, 2.45) is 0 Å². The molecule has 0 bridgehead atoms. The maximum Gasteiger partial charge on any atom is 0.417 e. The SMILES string of the molecule is COC(CS(=O)CC(F)(F)F)NC(=O)c1ccc(/C(F)=C/C(c2cc(Cl)c(F)c(Cl)c2)C(F)(F)F)cc1C(F)(F)F. The summed E-state index contributed by atoms with van der Waals surface area (Å²) in [5.41, 5.74) is -4.89. The normalized spacial score (nSPS) is 15.4. The van der Waals surface area contributed by atoms with E-state index >= 15 is 0 Å². The highest BCUT2D eigenvalue weighted by Gasteiger charge is 2.41. The molecule has 0 aliphatic carbocycles. The van der Waals surface area contributed by atoms with Gasteiger partial charge in [-0.2, -0.15) is 39.5 Å². The van der Waals surface area contributed by atoms with Crippen LogP contribution in [0, 0.1) is 5.82 Å². The number of carbonyl (C=O) groups excluding carboxylic acids is 1. The van der Waals surface area contributed by atoms with E-state index in [0.717, 1.165) is 7.11 Å². The van der Waals surface area contributed by atoms with Crippen LogP contribution >= 0.6 is 23.2 Å². The third-order valence-electron chi connectivity index (χ3n) is 5.11. The van der Waals surface area contributed by atoms with Crippen molar-refractivity contribution in [2.45, 2.75) is 30.7 Å². The number of amides is 1. The predicted molar refractivity (Wildman–Crippen MR) is 128 cm³/mol. The van der Waals surface area contributed by atoms with Gasteiger partial charge in [0.15, 0.2) is 5.82 Å². The Kier molecular flexibility index (Phi) is 11.2. The minimum absolute atomic E-state index is 0.0302. The van der Waals surface area contributed by atoms with Crippen molar-refractivity contribution in [2.75, 3.05) is 18.6 Å². The maximum atomic E-state index is 14.9. The van der Waals surface area contributed by atoms with E-state index < -0.39 is 103 Å². The first-order valence-electron chi connectivity index (χ1n) is 10.7. The van der Waals surface area contributed by atoms with E-state index in [4.69, 9.17) is 23.2 Å². The van der Waals surface area contributed by atoms with Gasteiger partial charge in [-0.05, 0) is 35.9 Å². The maximum absolute atomic E-state index is 14.9. The fourth-order valence-electron chi connectivity index (χ4n) is 3.31. The van der Waals surface area contributed by atoms with E-state index in [1.165, 1.54) is 0 Å². The summed E-state index contributed by atoms with van der Waals surface area (Å²) in [6.45, 7) is 0. The number of rotatable bonds is 9. The van der Waals surface area contributed by atoms with Crippen molar-refractivity contribution in [1.82, 2.24) is 5.32 Å². The Bertz CT molecular complexity index is 1300. The van der Waals surface area contributed by atoms with Crippen molar-refractivity contribution in [3.63, 3.8) is 0 Å². The molecule has 0 saturated carbocycles. The Morgan fingerprint density at radius 2 is 1.59 bits per heavy atom. The number of benzene rings is 2. The Morgan fingerprint density at radius 3 is 2.05 bits per heavy atom. The van der Waals surface area contributed by atoms with Crippen LogP contribution in [0.15, 0.2) is 36.4 Å². The second-order valence-corrected chi connectivity index (χ2v) is 10.5. The largest absolute Gasteiger partial charge is 0.417 e. The van der Waals surface area contributed by atoms with Gasteiger partial charge in [0.05, 0.1) is 26.9 Å². The molecule has 0 aromatic heterocycles. The Morgan fingerprint density at radius 1 is 1.02 bits per heavy atom. The lowest BCUT2D eigenvalue weighted by atomic mass is 9.95. The lowest BCUT2D eigenvalue weighted by Crippen LogP contribution is -2.41. The summed E-state index contributed by atoms with van der Waals surface area (Å²) >= 11 is 11.0. The minimum Gasteiger partial charge on any atom is -0.361 e. The molecule has 0 heterocycles. The quantitative estimate of drug-likeness (QED) is 0.169. The first-order valence-corrected chi connectivity index (χ1v) is 12.9.